The van der Waals surface area contributed by atoms with E-state index in [9.17, 15) is 35.4 Å². The topological polar surface area (TPSA) is 198 Å². The minimum Gasteiger partial charge on any atom is -0.507 e. The lowest BCUT2D eigenvalue weighted by Crippen LogP contribution is -2.60. The summed E-state index contributed by atoms with van der Waals surface area (Å²) in [5.74, 6) is -1.96. The average molecular weight is 548 g/mol. The van der Waals surface area contributed by atoms with Gasteiger partial charge in [0.1, 0.15) is 75.5 Å². The van der Waals surface area contributed by atoms with E-state index in [1.807, 2.05) is 0 Å². The summed E-state index contributed by atoms with van der Waals surface area (Å²) in [4.78, 5) is 13.5. The highest BCUT2D eigenvalue weighted by atomic mass is 16.7. The molecule has 3 aromatic rings. The van der Waals surface area contributed by atoms with Crippen molar-refractivity contribution in [2.24, 2.45) is 0 Å². The standard InChI is InChI=1S/C26H28O13/c1-26-4-3-10(28)23(39-26)18-14(38-26)7-13-17(20(18)31)19(30)16-11(29)5-9(6-12(16)36-13)35-25-22(33)21(32)24(34-2)15(8-27)37-25/h5-7,10,15,21-25,27-29,31-33H,3-4,8H2,1-2H3/t10-,15-,21-,22-,23-,24-,25+,26+/m1/s1. The Balaban J connectivity index is 1.43. The van der Waals surface area contributed by atoms with Crippen LogP contribution in [0.5, 0.6) is 23.0 Å². The van der Waals surface area contributed by atoms with Crippen LogP contribution in [0.3, 0.4) is 0 Å². The van der Waals surface area contributed by atoms with E-state index in [1.165, 1.54) is 19.2 Å². The quantitative estimate of drug-likeness (QED) is 0.247. The van der Waals surface area contributed by atoms with E-state index < -0.39 is 72.2 Å². The summed E-state index contributed by atoms with van der Waals surface area (Å²) in [6.07, 6.45) is -7.55. The van der Waals surface area contributed by atoms with Gasteiger partial charge in [0.25, 0.3) is 0 Å². The summed E-state index contributed by atoms with van der Waals surface area (Å²) >= 11 is 0. The molecule has 13 nitrogen and oxygen atoms in total. The van der Waals surface area contributed by atoms with Gasteiger partial charge in [-0.25, -0.2) is 0 Å². The van der Waals surface area contributed by atoms with E-state index in [4.69, 9.17) is 28.1 Å². The summed E-state index contributed by atoms with van der Waals surface area (Å²) in [6.45, 7) is 1.19. The summed E-state index contributed by atoms with van der Waals surface area (Å²) in [5, 5.41) is 62.3. The van der Waals surface area contributed by atoms with Crippen LogP contribution < -0.4 is 14.9 Å². The third kappa shape index (κ3) is 4.00. The van der Waals surface area contributed by atoms with E-state index in [2.05, 4.69) is 0 Å². The van der Waals surface area contributed by atoms with Gasteiger partial charge in [0.2, 0.25) is 17.5 Å². The first-order valence-electron chi connectivity index (χ1n) is 12.4. The van der Waals surface area contributed by atoms with E-state index in [0.717, 1.165) is 6.07 Å². The molecule has 0 saturated carbocycles. The Hall–Kier alpha value is -3.17. The van der Waals surface area contributed by atoms with Crippen LogP contribution in [0.1, 0.15) is 31.4 Å². The largest absolute Gasteiger partial charge is 0.507 e. The van der Waals surface area contributed by atoms with Crippen molar-refractivity contribution in [1.82, 2.24) is 0 Å². The van der Waals surface area contributed by atoms with Crippen LogP contribution >= 0.6 is 0 Å². The Kier molecular flexibility index (Phi) is 6.15. The van der Waals surface area contributed by atoms with Crippen molar-refractivity contribution in [2.45, 2.75) is 68.5 Å². The van der Waals surface area contributed by atoms with Crippen molar-refractivity contribution in [1.29, 1.82) is 0 Å². The van der Waals surface area contributed by atoms with E-state index >= 15 is 0 Å². The van der Waals surface area contributed by atoms with Gasteiger partial charge in [-0.15, -0.1) is 0 Å². The average Bonchev–Trinajstić information content (AvgIpc) is 2.88. The summed E-state index contributed by atoms with van der Waals surface area (Å²) in [6, 6.07) is 3.78. The van der Waals surface area contributed by atoms with Gasteiger partial charge < -0.3 is 58.7 Å². The molecule has 39 heavy (non-hydrogen) atoms. The predicted molar refractivity (Wildman–Crippen MR) is 131 cm³/mol. The maximum Gasteiger partial charge on any atom is 0.229 e. The Morgan fingerprint density at radius 2 is 1.82 bits per heavy atom. The number of phenols is 2. The van der Waals surface area contributed by atoms with Crippen LogP contribution in [0.15, 0.2) is 27.4 Å². The lowest BCUT2D eigenvalue weighted by molar-refractivity contribution is -0.281. The first-order chi connectivity index (χ1) is 18.5. The lowest BCUT2D eigenvalue weighted by Gasteiger charge is -2.45. The van der Waals surface area contributed by atoms with Crippen LogP contribution in [0, 0.1) is 0 Å². The Bertz CT molecular complexity index is 1500. The first kappa shape index (κ1) is 26.1. The number of fused-ring (bicyclic) bond motifs is 6. The minimum absolute atomic E-state index is 0.0500. The zero-order chi connectivity index (χ0) is 27.8. The number of hydrogen-bond acceptors (Lipinski definition) is 13. The van der Waals surface area contributed by atoms with Crippen LogP contribution in [-0.4, -0.2) is 87.0 Å². The van der Waals surface area contributed by atoms with Crippen molar-refractivity contribution < 1.29 is 58.7 Å². The van der Waals surface area contributed by atoms with E-state index in [1.54, 1.807) is 6.92 Å². The molecular weight excluding hydrogens is 520 g/mol. The molecule has 2 aromatic carbocycles. The molecule has 4 heterocycles. The highest BCUT2D eigenvalue weighted by molar-refractivity contribution is 5.97. The molecule has 0 radical (unpaired) electrons. The predicted octanol–water partition coefficient (Wildman–Crippen LogP) is 0.511. The molecule has 2 fully saturated rings. The number of ether oxygens (including phenoxy) is 5. The fraction of sp³-hybridized carbons (Fsp3) is 0.500. The number of rotatable bonds is 4. The molecule has 6 N–H and O–H groups in total. The van der Waals surface area contributed by atoms with Gasteiger partial charge in [0, 0.05) is 38.7 Å². The zero-order valence-corrected chi connectivity index (χ0v) is 20.9. The monoisotopic (exact) mass is 548 g/mol. The smallest absolute Gasteiger partial charge is 0.229 e. The minimum atomic E-state index is -1.57. The molecular formula is C26H28O13. The summed E-state index contributed by atoms with van der Waals surface area (Å²) < 4.78 is 34.0. The fourth-order valence-electron chi connectivity index (χ4n) is 5.59. The summed E-state index contributed by atoms with van der Waals surface area (Å²) in [7, 11) is 1.29. The van der Waals surface area contributed by atoms with E-state index in [0.29, 0.717) is 12.8 Å². The second kappa shape index (κ2) is 9.20. The van der Waals surface area contributed by atoms with Gasteiger partial charge in [0.15, 0.2) is 0 Å². The number of hydrogen-bond donors (Lipinski definition) is 6. The highest BCUT2D eigenvalue weighted by Crippen LogP contribution is 2.52. The Labute approximate surface area is 220 Å². The molecule has 13 heteroatoms. The van der Waals surface area contributed by atoms with Crippen molar-refractivity contribution >= 4 is 21.9 Å². The lowest BCUT2D eigenvalue weighted by atomic mass is 9.90. The molecule has 3 aliphatic heterocycles. The normalized spacial score (nSPS) is 34.1. The molecule has 3 aliphatic rings. The van der Waals surface area contributed by atoms with Crippen molar-refractivity contribution in [3.63, 3.8) is 0 Å². The van der Waals surface area contributed by atoms with Crippen LogP contribution in [0.2, 0.25) is 0 Å². The molecule has 0 aliphatic carbocycles. The van der Waals surface area contributed by atoms with Gasteiger partial charge in [0.05, 0.1) is 18.3 Å². The SMILES string of the molecule is CO[C@H]1[C@H](O)[C@@H](O)[C@@H](Oc2cc(O)c3c(=O)c4c(O)c5c(cc4oc3c2)O[C@]2(C)CC[C@@H](O)[C@H]5O2)O[C@@H]1CO. The molecule has 2 bridgehead atoms. The number of aliphatic hydroxyl groups is 4. The summed E-state index contributed by atoms with van der Waals surface area (Å²) in [5.41, 5.74) is -0.791. The van der Waals surface area contributed by atoms with Crippen LogP contribution in [-0.2, 0) is 14.2 Å². The van der Waals surface area contributed by atoms with Gasteiger partial charge in [-0.05, 0) is 6.42 Å². The maximum atomic E-state index is 13.5. The second-order valence-corrected chi connectivity index (χ2v) is 10.2. The highest BCUT2D eigenvalue weighted by Gasteiger charge is 2.48. The molecule has 6 rings (SSSR count). The molecule has 0 unspecified atom stereocenters. The molecule has 0 amide bonds. The third-order valence-electron chi connectivity index (χ3n) is 7.57. The molecule has 2 saturated heterocycles. The third-order valence-corrected chi connectivity index (χ3v) is 7.57. The number of aliphatic hydroxyl groups excluding tert-OH is 4. The molecule has 1 aromatic heterocycles. The van der Waals surface area contributed by atoms with Gasteiger partial charge in [-0.2, -0.15) is 0 Å². The van der Waals surface area contributed by atoms with Gasteiger partial charge >= 0.3 is 0 Å². The molecule has 0 spiro atoms. The van der Waals surface area contributed by atoms with Crippen molar-refractivity contribution in [2.75, 3.05) is 13.7 Å². The fourth-order valence-corrected chi connectivity index (χ4v) is 5.59. The number of benzene rings is 2. The number of methoxy groups -OCH3 is 1. The second-order valence-electron chi connectivity index (χ2n) is 10.2. The Morgan fingerprint density at radius 3 is 2.54 bits per heavy atom. The number of aromatic hydroxyl groups is 2. The van der Waals surface area contributed by atoms with Crippen LogP contribution in [0.25, 0.3) is 21.9 Å². The number of phenolic OH excluding ortho intramolecular Hbond substituents is 2. The van der Waals surface area contributed by atoms with Crippen molar-refractivity contribution in [3.05, 3.63) is 34.0 Å². The first-order valence-corrected chi connectivity index (χ1v) is 12.4. The van der Waals surface area contributed by atoms with Crippen molar-refractivity contribution in [3.8, 4) is 23.0 Å². The Morgan fingerprint density at radius 1 is 1.08 bits per heavy atom. The van der Waals surface area contributed by atoms with Gasteiger partial charge in [-0.3, -0.25) is 4.79 Å². The molecule has 8 atom stereocenters. The zero-order valence-electron chi connectivity index (χ0n) is 20.9. The molecule has 210 valence electrons. The van der Waals surface area contributed by atoms with Gasteiger partial charge in [-0.1, -0.05) is 0 Å². The maximum absolute atomic E-state index is 13.5. The van der Waals surface area contributed by atoms with E-state index in [-0.39, 0.29) is 39.0 Å². The van der Waals surface area contributed by atoms with Crippen LogP contribution in [0.4, 0.5) is 0 Å².